The van der Waals surface area contributed by atoms with Crippen molar-refractivity contribution in [2.45, 2.75) is 18.7 Å². The Labute approximate surface area is 94.4 Å². The molecule has 0 unspecified atom stereocenters. The van der Waals surface area contributed by atoms with E-state index in [0.29, 0.717) is 0 Å². The first kappa shape index (κ1) is 10.6. The van der Waals surface area contributed by atoms with E-state index in [0.717, 1.165) is 10.2 Å². The van der Waals surface area contributed by atoms with Crippen molar-refractivity contribution < 1.29 is 0 Å². The van der Waals surface area contributed by atoms with Crippen molar-refractivity contribution in [2.24, 2.45) is 0 Å². The average molecular weight is 310 g/mol. The van der Waals surface area contributed by atoms with Gasteiger partial charge in [-0.2, -0.15) is 0 Å². The molecule has 0 N–H and O–H groups in total. The Bertz CT molecular complexity index is 284. The lowest BCUT2D eigenvalue weighted by Crippen LogP contribution is -1.82. The molecule has 0 aliphatic heterocycles. The van der Waals surface area contributed by atoms with Gasteiger partial charge in [-0.05, 0) is 46.3 Å². The summed E-state index contributed by atoms with van der Waals surface area (Å²) in [5, 5.41) is 0. The summed E-state index contributed by atoms with van der Waals surface area (Å²) < 4.78 is 2.37. The fraction of sp³-hybridized carbons (Fsp3) is 0.333. The number of rotatable bonds is 2. The molecule has 66 valence electrons. The predicted octanol–water partition coefficient (Wildman–Crippen LogP) is 4.63. The second-order valence-corrected chi connectivity index (χ2v) is 5.37. The third-order valence-electron chi connectivity index (χ3n) is 1.58. The minimum atomic E-state index is 1.11. The monoisotopic (exact) mass is 308 g/mol. The molecular formula is C9H10Br2S. The van der Waals surface area contributed by atoms with E-state index in [1.165, 1.54) is 14.9 Å². The highest BCUT2D eigenvalue weighted by molar-refractivity contribution is 9.11. The summed E-state index contributed by atoms with van der Waals surface area (Å²) in [5.74, 6) is 1.11. The summed E-state index contributed by atoms with van der Waals surface area (Å²) in [6.45, 7) is 4.27. The van der Waals surface area contributed by atoms with Gasteiger partial charge in [0.1, 0.15) is 0 Å². The van der Waals surface area contributed by atoms with Crippen molar-refractivity contribution >= 4 is 43.6 Å². The zero-order chi connectivity index (χ0) is 9.14. The van der Waals surface area contributed by atoms with Crippen LogP contribution in [0.3, 0.4) is 0 Å². The Morgan fingerprint density at radius 3 is 2.58 bits per heavy atom. The van der Waals surface area contributed by atoms with Gasteiger partial charge in [0.2, 0.25) is 0 Å². The molecule has 0 spiro atoms. The predicted molar refractivity (Wildman–Crippen MR) is 63.0 cm³/mol. The number of thioether (sulfide) groups is 1. The Kier molecular flexibility index (Phi) is 4.14. The lowest BCUT2D eigenvalue weighted by Gasteiger charge is -2.06. The van der Waals surface area contributed by atoms with Gasteiger partial charge < -0.3 is 0 Å². The largest absolute Gasteiger partial charge is 0.125 e. The molecule has 1 aromatic rings. The van der Waals surface area contributed by atoms with Crippen molar-refractivity contribution in [1.82, 2.24) is 0 Å². The second-order valence-electron chi connectivity index (χ2n) is 2.42. The highest BCUT2D eigenvalue weighted by atomic mass is 79.9. The number of hydrogen-bond donors (Lipinski definition) is 0. The van der Waals surface area contributed by atoms with Crippen LogP contribution in [-0.2, 0) is 0 Å². The maximum atomic E-state index is 3.58. The first-order chi connectivity index (χ1) is 5.66. The fourth-order valence-electron chi connectivity index (χ4n) is 0.904. The standard InChI is InChI=1S/C9H10Br2S/c1-3-12-8-5-4-7(10)6(2)9(8)11/h4-5H,3H2,1-2H3. The Balaban J connectivity index is 3.08. The summed E-state index contributed by atoms with van der Waals surface area (Å²) in [6, 6.07) is 4.23. The molecule has 0 amide bonds. The SMILES string of the molecule is CCSc1ccc(Br)c(C)c1Br. The average Bonchev–Trinajstić information content (AvgIpc) is 2.07. The Morgan fingerprint density at radius 1 is 1.33 bits per heavy atom. The van der Waals surface area contributed by atoms with Gasteiger partial charge >= 0.3 is 0 Å². The van der Waals surface area contributed by atoms with Crippen LogP contribution in [0.5, 0.6) is 0 Å². The van der Waals surface area contributed by atoms with Crippen LogP contribution in [-0.4, -0.2) is 5.75 Å². The fourth-order valence-corrected chi connectivity index (χ4v) is 2.94. The van der Waals surface area contributed by atoms with Crippen LogP contribution in [0.15, 0.2) is 26.0 Å². The van der Waals surface area contributed by atoms with Crippen molar-refractivity contribution in [3.8, 4) is 0 Å². The quantitative estimate of drug-likeness (QED) is 0.718. The first-order valence-corrected chi connectivity index (χ1v) is 6.31. The van der Waals surface area contributed by atoms with Gasteiger partial charge in [-0.25, -0.2) is 0 Å². The topological polar surface area (TPSA) is 0 Å². The van der Waals surface area contributed by atoms with E-state index in [9.17, 15) is 0 Å². The second kappa shape index (κ2) is 4.68. The van der Waals surface area contributed by atoms with Crippen LogP contribution >= 0.6 is 43.6 Å². The van der Waals surface area contributed by atoms with Crippen molar-refractivity contribution in [3.63, 3.8) is 0 Å². The lowest BCUT2D eigenvalue weighted by molar-refractivity contribution is 1.28. The van der Waals surface area contributed by atoms with Gasteiger partial charge in [0.25, 0.3) is 0 Å². The van der Waals surface area contributed by atoms with E-state index in [1.807, 2.05) is 11.8 Å². The third kappa shape index (κ3) is 2.27. The van der Waals surface area contributed by atoms with Gasteiger partial charge in [0.15, 0.2) is 0 Å². The molecule has 0 bridgehead atoms. The molecule has 12 heavy (non-hydrogen) atoms. The summed E-state index contributed by atoms with van der Waals surface area (Å²) in [5.41, 5.74) is 1.27. The van der Waals surface area contributed by atoms with Gasteiger partial charge in [0, 0.05) is 13.8 Å². The molecule has 0 saturated carbocycles. The van der Waals surface area contributed by atoms with E-state index in [4.69, 9.17) is 0 Å². The molecule has 0 heterocycles. The van der Waals surface area contributed by atoms with Gasteiger partial charge in [-0.3, -0.25) is 0 Å². The number of benzene rings is 1. The Hall–Kier alpha value is 0.530. The van der Waals surface area contributed by atoms with Crippen molar-refractivity contribution in [1.29, 1.82) is 0 Å². The molecule has 0 aliphatic carbocycles. The molecule has 0 aliphatic rings. The molecular weight excluding hydrogens is 300 g/mol. The molecule has 1 aromatic carbocycles. The van der Waals surface area contributed by atoms with Gasteiger partial charge in [0.05, 0.1) is 0 Å². The summed E-state index contributed by atoms with van der Waals surface area (Å²) in [7, 11) is 0. The minimum Gasteiger partial charge on any atom is -0.125 e. The zero-order valence-electron chi connectivity index (χ0n) is 7.03. The van der Waals surface area contributed by atoms with Crippen LogP contribution in [0.25, 0.3) is 0 Å². The van der Waals surface area contributed by atoms with Crippen LogP contribution in [0.2, 0.25) is 0 Å². The van der Waals surface area contributed by atoms with E-state index < -0.39 is 0 Å². The smallest absolute Gasteiger partial charge is 0.0351 e. The first-order valence-electron chi connectivity index (χ1n) is 3.74. The van der Waals surface area contributed by atoms with Crippen molar-refractivity contribution in [2.75, 3.05) is 5.75 Å². The normalized spacial score (nSPS) is 10.3. The molecule has 0 atom stereocenters. The molecule has 0 nitrogen and oxygen atoms in total. The van der Waals surface area contributed by atoms with Crippen molar-refractivity contribution in [3.05, 3.63) is 26.6 Å². The van der Waals surface area contributed by atoms with Gasteiger partial charge in [-0.15, -0.1) is 11.8 Å². The molecule has 0 radical (unpaired) electrons. The molecule has 1 rings (SSSR count). The highest BCUT2D eigenvalue weighted by Crippen LogP contribution is 2.33. The van der Waals surface area contributed by atoms with E-state index in [2.05, 4.69) is 57.8 Å². The number of halogens is 2. The molecule has 0 saturated heterocycles. The summed E-state index contributed by atoms with van der Waals surface area (Å²) >= 11 is 8.93. The highest BCUT2D eigenvalue weighted by Gasteiger charge is 2.04. The van der Waals surface area contributed by atoms with Crippen LogP contribution in [0.1, 0.15) is 12.5 Å². The lowest BCUT2D eigenvalue weighted by atomic mass is 10.2. The van der Waals surface area contributed by atoms with Crippen LogP contribution in [0.4, 0.5) is 0 Å². The van der Waals surface area contributed by atoms with E-state index in [1.54, 1.807) is 0 Å². The molecule has 0 aromatic heterocycles. The van der Waals surface area contributed by atoms with E-state index >= 15 is 0 Å². The van der Waals surface area contributed by atoms with E-state index in [-0.39, 0.29) is 0 Å². The minimum absolute atomic E-state index is 1.11. The maximum absolute atomic E-state index is 3.58. The summed E-state index contributed by atoms with van der Waals surface area (Å²) in [4.78, 5) is 1.32. The summed E-state index contributed by atoms with van der Waals surface area (Å²) in [6.07, 6.45) is 0. The van der Waals surface area contributed by atoms with Crippen LogP contribution in [0, 0.1) is 6.92 Å². The van der Waals surface area contributed by atoms with Gasteiger partial charge in [-0.1, -0.05) is 22.9 Å². The zero-order valence-corrected chi connectivity index (χ0v) is 11.0. The molecule has 3 heteroatoms. The molecule has 0 fully saturated rings. The number of hydrogen-bond acceptors (Lipinski definition) is 1. The Morgan fingerprint density at radius 2 is 2.00 bits per heavy atom. The maximum Gasteiger partial charge on any atom is 0.0351 e. The van der Waals surface area contributed by atoms with Crippen LogP contribution < -0.4 is 0 Å². The third-order valence-corrected chi connectivity index (χ3v) is 4.67.